The first-order valence-electron chi connectivity index (χ1n) is 5.66. The predicted molar refractivity (Wildman–Crippen MR) is 69.8 cm³/mol. The van der Waals surface area contributed by atoms with Crippen LogP contribution >= 0.6 is 11.6 Å². The Morgan fingerprint density at radius 2 is 2.12 bits per heavy atom. The van der Waals surface area contributed by atoms with Crippen LogP contribution in [0, 0.1) is 12.8 Å². The van der Waals surface area contributed by atoms with Crippen LogP contribution in [0.1, 0.15) is 25.0 Å². The summed E-state index contributed by atoms with van der Waals surface area (Å²) in [4.78, 5) is 16.5. The molecular formula is C13H15ClN2O. The van der Waals surface area contributed by atoms with Crippen molar-refractivity contribution in [3.05, 3.63) is 45.0 Å². The second kappa shape index (κ2) is 4.49. The summed E-state index contributed by atoms with van der Waals surface area (Å²) >= 11 is 6.07. The van der Waals surface area contributed by atoms with Crippen molar-refractivity contribution in [2.75, 3.05) is 0 Å². The Morgan fingerprint density at radius 3 is 2.76 bits per heavy atom. The van der Waals surface area contributed by atoms with Gasteiger partial charge in [0, 0.05) is 6.20 Å². The summed E-state index contributed by atoms with van der Waals surface area (Å²) in [7, 11) is 0. The fourth-order valence-electron chi connectivity index (χ4n) is 1.83. The van der Waals surface area contributed by atoms with E-state index in [9.17, 15) is 4.79 Å². The highest BCUT2D eigenvalue weighted by molar-refractivity contribution is 6.30. The van der Waals surface area contributed by atoms with Gasteiger partial charge in [0.1, 0.15) is 10.8 Å². The van der Waals surface area contributed by atoms with Crippen LogP contribution in [0.5, 0.6) is 0 Å². The van der Waals surface area contributed by atoms with Crippen LogP contribution in [0.4, 0.5) is 0 Å². The van der Waals surface area contributed by atoms with Crippen molar-refractivity contribution in [2.24, 2.45) is 5.92 Å². The molecule has 0 atom stereocenters. The molecule has 0 radical (unpaired) electrons. The lowest BCUT2D eigenvalue weighted by Gasteiger charge is -2.09. The molecule has 0 aliphatic heterocycles. The monoisotopic (exact) mass is 250 g/mol. The minimum Gasteiger partial charge on any atom is -0.269 e. The first-order chi connectivity index (χ1) is 7.99. The lowest BCUT2D eigenvalue weighted by molar-refractivity contribution is 0.639. The first kappa shape index (κ1) is 12.1. The predicted octanol–water partition coefficient (Wildman–Crippen LogP) is 2.85. The number of aryl methyl sites for hydroxylation is 1. The zero-order valence-corrected chi connectivity index (χ0v) is 11.0. The number of aromatic nitrogens is 2. The number of rotatable bonds is 2. The van der Waals surface area contributed by atoms with Crippen LogP contribution in [0.2, 0.25) is 5.15 Å². The molecule has 0 fully saturated rings. The van der Waals surface area contributed by atoms with Crippen molar-refractivity contribution in [3.8, 4) is 0 Å². The van der Waals surface area contributed by atoms with Gasteiger partial charge in [0.15, 0.2) is 0 Å². The second-order valence-corrected chi connectivity index (χ2v) is 5.08. The number of fused-ring (bicyclic) bond motifs is 1. The standard InChI is InChI=1S/C13H15ClN2O/c1-8(2)6-10-12(14)15-11-5-4-9(3)7-16(11)13(10)17/h4-5,7-8H,6H2,1-3H3. The molecule has 3 nitrogen and oxygen atoms in total. The molecule has 2 heterocycles. The van der Waals surface area contributed by atoms with Crippen molar-refractivity contribution < 1.29 is 0 Å². The second-order valence-electron chi connectivity index (χ2n) is 4.72. The van der Waals surface area contributed by atoms with E-state index < -0.39 is 0 Å². The van der Waals surface area contributed by atoms with E-state index in [0.29, 0.717) is 28.7 Å². The van der Waals surface area contributed by atoms with Gasteiger partial charge in [-0.3, -0.25) is 9.20 Å². The van der Waals surface area contributed by atoms with Crippen molar-refractivity contribution >= 4 is 17.2 Å². The van der Waals surface area contributed by atoms with Gasteiger partial charge in [-0.25, -0.2) is 4.98 Å². The van der Waals surface area contributed by atoms with Gasteiger partial charge in [0.2, 0.25) is 0 Å². The van der Waals surface area contributed by atoms with Crippen molar-refractivity contribution in [1.82, 2.24) is 9.38 Å². The molecule has 0 aromatic carbocycles. The van der Waals surface area contributed by atoms with Crippen LogP contribution < -0.4 is 5.56 Å². The number of pyridine rings is 1. The molecule has 0 unspecified atom stereocenters. The normalized spacial score (nSPS) is 11.4. The van der Waals surface area contributed by atoms with E-state index in [1.165, 1.54) is 0 Å². The molecule has 0 aliphatic rings. The lowest BCUT2D eigenvalue weighted by Crippen LogP contribution is -2.21. The molecule has 0 aliphatic carbocycles. The lowest BCUT2D eigenvalue weighted by atomic mass is 10.1. The van der Waals surface area contributed by atoms with E-state index in [4.69, 9.17) is 11.6 Å². The molecule has 2 aromatic rings. The smallest absolute Gasteiger partial charge is 0.262 e. The highest BCUT2D eigenvalue weighted by Gasteiger charge is 2.12. The largest absolute Gasteiger partial charge is 0.269 e. The Bertz CT molecular complexity index is 617. The molecule has 0 saturated heterocycles. The summed E-state index contributed by atoms with van der Waals surface area (Å²) in [6.45, 7) is 6.06. The summed E-state index contributed by atoms with van der Waals surface area (Å²) in [5, 5.41) is 0.326. The van der Waals surface area contributed by atoms with Gasteiger partial charge in [0.25, 0.3) is 5.56 Å². The Morgan fingerprint density at radius 1 is 1.41 bits per heavy atom. The van der Waals surface area contributed by atoms with E-state index >= 15 is 0 Å². The van der Waals surface area contributed by atoms with Gasteiger partial charge in [-0.2, -0.15) is 0 Å². The third kappa shape index (κ3) is 2.34. The molecule has 0 bridgehead atoms. The molecule has 4 heteroatoms. The van der Waals surface area contributed by atoms with Crippen LogP contribution in [0.25, 0.3) is 5.65 Å². The molecule has 90 valence electrons. The van der Waals surface area contributed by atoms with Crippen molar-refractivity contribution in [1.29, 1.82) is 0 Å². The van der Waals surface area contributed by atoms with E-state index in [2.05, 4.69) is 18.8 Å². The van der Waals surface area contributed by atoms with Gasteiger partial charge in [-0.15, -0.1) is 0 Å². The third-order valence-electron chi connectivity index (χ3n) is 2.63. The maximum absolute atomic E-state index is 12.3. The SMILES string of the molecule is Cc1ccc2nc(Cl)c(CC(C)C)c(=O)n2c1. The summed E-state index contributed by atoms with van der Waals surface area (Å²) in [6.07, 6.45) is 2.45. The maximum atomic E-state index is 12.3. The number of hydrogen-bond donors (Lipinski definition) is 0. The molecule has 0 N–H and O–H groups in total. The number of halogens is 1. The average molecular weight is 251 g/mol. The van der Waals surface area contributed by atoms with Crippen LogP contribution in [0.15, 0.2) is 23.1 Å². The fourth-order valence-corrected chi connectivity index (χ4v) is 2.08. The zero-order valence-electron chi connectivity index (χ0n) is 10.2. The van der Waals surface area contributed by atoms with Crippen LogP contribution in [-0.4, -0.2) is 9.38 Å². The summed E-state index contributed by atoms with van der Waals surface area (Å²) in [6, 6.07) is 3.72. The molecule has 2 aromatic heterocycles. The summed E-state index contributed by atoms with van der Waals surface area (Å²) in [5.74, 6) is 0.379. The Hall–Kier alpha value is -1.35. The highest BCUT2D eigenvalue weighted by Crippen LogP contribution is 2.15. The van der Waals surface area contributed by atoms with E-state index in [1.54, 1.807) is 10.6 Å². The fraction of sp³-hybridized carbons (Fsp3) is 0.385. The molecule has 0 saturated carbocycles. The maximum Gasteiger partial charge on any atom is 0.262 e. The van der Waals surface area contributed by atoms with Gasteiger partial charge < -0.3 is 0 Å². The van der Waals surface area contributed by atoms with Gasteiger partial charge >= 0.3 is 0 Å². The minimum absolute atomic E-state index is 0.0580. The minimum atomic E-state index is -0.0580. The van der Waals surface area contributed by atoms with E-state index in [-0.39, 0.29) is 5.56 Å². The molecule has 17 heavy (non-hydrogen) atoms. The van der Waals surface area contributed by atoms with Crippen molar-refractivity contribution in [3.63, 3.8) is 0 Å². The quantitative estimate of drug-likeness (QED) is 0.768. The zero-order chi connectivity index (χ0) is 12.6. The number of hydrogen-bond acceptors (Lipinski definition) is 2. The Balaban J connectivity index is 2.73. The Labute approximate surface area is 105 Å². The third-order valence-corrected chi connectivity index (χ3v) is 2.94. The molecule has 0 spiro atoms. The molecule has 2 rings (SSSR count). The summed E-state index contributed by atoms with van der Waals surface area (Å²) < 4.78 is 1.57. The van der Waals surface area contributed by atoms with E-state index in [0.717, 1.165) is 5.56 Å². The average Bonchev–Trinajstić information content (AvgIpc) is 2.25. The first-order valence-corrected chi connectivity index (χ1v) is 6.04. The summed E-state index contributed by atoms with van der Waals surface area (Å²) in [5.41, 5.74) is 2.17. The molecular weight excluding hydrogens is 236 g/mol. The van der Waals surface area contributed by atoms with Gasteiger partial charge in [0.05, 0.1) is 5.56 Å². The van der Waals surface area contributed by atoms with Crippen LogP contribution in [0.3, 0.4) is 0 Å². The van der Waals surface area contributed by atoms with E-state index in [1.807, 2.05) is 19.1 Å². The van der Waals surface area contributed by atoms with Crippen molar-refractivity contribution in [2.45, 2.75) is 27.2 Å². The van der Waals surface area contributed by atoms with Crippen LogP contribution in [-0.2, 0) is 6.42 Å². The molecule has 0 amide bonds. The topological polar surface area (TPSA) is 34.4 Å². The van der Waals surface area contributed by atoms with Gasteiger partial charge in [-0.1, -0.05) is 31.5 Å². The Kier molecular flexibility index (Phi) is 3.20. The number of nitrogens with zero attached hydrogens (tertiary/aromatic N) is 2. The van der Waals surface area contributed by atoms with Gasteiger partial charge in [-0.05, 0) is 30.9 Å². The highest BCUT2D eigenvalue weighted by atomic mass is 35.5.